The second-order valence-corrected chi connectivity index (χ2v) is 4.93. The molecule has 0 aromatic heterocycles. The van der Waals surface area contributed by atoms with Crippen LogP contribution in [0.1, 0.15) is 17.4 Å². The molecular formula is C16H13F4NO4. The lowest BCUT2D eigenvalue weighted by Crippen LogP contribution is -2.34. The van der Waals surface area contributed by atoms with Crippen LogP contribution >= 0.6 is 0 Å². The third-order valence-electron chi connectivity index (χ3n) is 3.41. The lowest BCUT2D eigenvalue weighted by molar-refractivity contribution is -0.137. The minimum absolute atomic E-state index is 0.214. The normalized spacial score (nSPS) is 12.6. The van der Waals surface area contributed by atoms with Crippen molar-refractivity contribution in [3.05, 3.63) is 59.4 Å². The van der Waals surface area contributed by atoms with Crippen molar-refractivity contribution in [3.63, 3.8) is 0 Å². The number of nitrogens with zero attached hydrogens (tertiary/aromatic N) is 1. The Hall–Kier alpha value is -2.81. The molecule has 0 bridgehead atoms. The van der Waals surface area contributed by atoms with E-state index in [-0.39, 0.29) is 11.4 Å². The Kier molecular flexibility index (Phi) is 5.17. The summed E-state index contributed by atoms with van der Waals surface area (Å²) in [6, 6.07) is 6.83. The number of ether oxygens (including phenoxy) is 1. The topological polar surface area (TPSA) is 70.0 Å². The molecule has 2 aromatic carbocycles. The summed E-state index contributed by atoms with van der Waals surface area (Å²) < 4.78 is 56.8. The predicted molar refractivity (Wildman–Crippen MR) is 79.9 cm³/mol. The van der Waals surface area contributed by atoms with Gasteiger partial charge in [-0.15, -0.1) is 0 Å². The number of benzene rings is 2. The molecule has 0 aliphatic carbocycles. The van der Waals surface area contributed by atoms with Gasteiger partial charge in [-0.25, -0.2) is 14.1 Å². The summed E-state index contributed by atoms with van der Waals surface area (Å²) in [4.78, 5) is 11.8. The molecule has 0 aliphatic rings. The smallest absolute Gasteiger partial charge is 0.416 e. The molecule has 25 heavy (non-hydrogen) atoms. The van der Waals surface area contributed by atoms with Crippen molar-refractivity contribution in [2.24, 2.45) is 0 Å². The summed E-state index contributed by atoms with van der Waals surface area (Å²) >= 11 is 0. The maximum atomic E-state index is 14.2. The standard InChI is InChI=1S/C16H13F4NO4/c1-25-12-4-2-3-11(13(12)17)14(22)21(15(23)24)10-7-5-9(6-8-10)16(18,19)20/h2-8,14,22H,1H3,(H,23,24). The van der Waals surface area contributed by atoms with Crippen LogP contribution in [0.25, 0.3) is 0 Å². The Morgan fingerprint density at radius 1 is 1.16 bits per heavy atom. The summed E-state index contributed by atoms with van der Waals surface area (Å²) in [6.45, 7) is 0. The highest BCUT2D eigenvalue weighted by molar-refractivity contribution is 5.86. The summed E-state index contributed by atoms with van der Waals surface area (Å²) in [5.41, 5.74) is -1.64. The third-order valence-corrected chi connectivity index (χ3v) is 3.41. The lowest BCUT2D eigenvalue weighted by Gasteiger charge is -2.26. The van der Waals surface area contributed by atoms with E-state index in [0.29, 0.717) is 17.0 Å². The number of methoxy groups -OCH3 is 1. The van der Waals surface area contributed by atoms with Gasteiger partial charge in [0.05, 0.1) is 18.4 Å². The molecule has 2 aromatic rings. The van der Waals surface area contributed by atoms with Gasteiger partial charge in [-0.3, -0.25) is 0 Å². The molecule has 2 N–H and O–H groups in total. The number of alkyl halides is 3. The number of aliphatic hydroxyl groups is 1. The van der Waals surface area contributed by atoms with Crippen molar-refractivity contribution in [1.82, 2.24) is 0 Å². The van der Waals surface area contributed by atoms with Crippen LogP contribution in [-0.4, -0.2) is 23.4 Å². The second kappa shape index (κ2) is 6.98. The first-order chi connectivity index (χ1) is 11.7. The van der Waals surface area contributed by atoms with Crippen molar-refractivity contribution < 1.29 is 37.3 Å². The van der Waals surface area contributed by atoms with Gasteiger partial charge in [0.1, 0.15) is 0 Å². The quantitative estimate of drug-likeness (QED) is 0.639. The number of hydrogen-bond acceptors (Lipinski definition) is 3. The van der Waals surface area contributed by atoms with Gasteiger partial charge in [-0.2, -0.15) is 13.2 Å². The van der Waals surface area contributed by atoms with Crippen molar-refractivity contribution in [2.45, 2.75) is 12.4 Å². The first kappa shape index (κ1) is 18.5. The average molecular weight is 359 g/mol. The molecule has 0 radical (unpaired) electrons. The van der Waals surface area contributed by atoms with Crippen LogP contribution < -0.4 is 9.64 Å². The number of rotatable bonds is 4. The zero-order valence-electron chi connectivity index (χ0n) is 12.8. The predicted octanol–water partition coefficient (Wildman–Crippen LogP) is 4.03. The molecule has 1 amide bonds. The molecule has 0 saturated heterocycles. The molecule has 0 fully saturated rings. The molecule has 5 nitrogen and oxygen atoms in total. The van der Waals surface area contributed by atoms with Crippen LogP contribution in [0.2, 0.25) is 0 Å². The number of aliphatic hydroxyl groups excluding tert-OH is 1. The van der Waals surface area contributed by atoms with Gasteiger partial charge in [-0.05, 0) is 30.3 Å². The average Bonchev–Trinajstić information content (AvgIpc) is 2.54. The van der Waals surface area contributed by atoms with Gasteiger partial charge in [0.2, 0.25) is 0 Å². The highest BCUT2D eigenvalue weighted by Gasteiger charge is 2.32. The molecule has 0 heterocycles. The van der Waals surface area contributed by atoms with E-state index in [1.807, 2.05) is 0 Å². The second-order valence-electron chi connectivity index (χ2n) is 4.93. The van der Waals surface area contributed by atoms with E-state index in [1.54, 1.807) is 0 Å². The SMILES string of the molecule is COc1cccc(C(O)N(C(=O)O)c2ccc(C(F)(F)F)cc2)c1F. The van der Waals surface area contributed by atoms with Crippen LogP contribution in [0.3, 0.4) is 0 Å². The van der Waals surface area contributed by atoms with E-state index >= 15 is 0 Å². The van der Waals surface area contributed by atoms with Crippen LogP contribution in [-0.2, 0) is 6.18 Å². The van der Waals surface area contributed by atoms with E-state index < -0.39 is 35.4 Å². The number of halogens is 4. The fourth-order valence-corrected chi connectivity index (χ4v) is 2.19. The Morgan fingerprint density at radius 3 is 2.24 bits per heavy atom. The summed E-state index contributed by atoms with van der Waals surface area (Å²) in [5.74, 6) is -1.19. The fourth-order valence-electron chi connectivity index (χ4n) is 2.19. The van der Waals surface area contributed by atoms with Gasteiger partial charge in [-0.1, -0.05) is 12.1 Å². The van der Waals surface area contributed by atoms with Crippen LogP contribution in [0, 0.1) is 5.82 Å². The number of carbonyl (C=O) groups is 1. The van der Waals surface area contributed by atoms with Crippen molar-refractivity contribution in [2.75, 3.05) is 12.0 Å². The zero-order valence-corrected chi connectivity index (χ0v) is 12.8. The molecular weight excluding hydrogens is 346 g/mol. The van der Waals surface area contributed by atoms with E-state index in [2.05, 4.69) is 0 Å². The molecule has 0 aliphatic heterocycles. The minimum atomic E-state index is -4.59. The van der Waals surface area contributed by atoms with Crippen LogP contribution in [0.4, 0.5) is 28.0 Å². The number of hydrogen-bond donors (Lipinski definition) is 2. The molecule has 2 rings (SSSR count). The largest absolute Gasteiger partial charge is 0.494 e. The highest BCUT2D eigenvalue weighted by Crippen LogP contribution is 2.33. The molecule has 0 spiro atoms. The summed E-state index contributed by atoms with van der Waals surface area (Å²) in [5, 5.41) is 19.6. The Balaban J connectivity index is 2.43. The maximum absolute atomic E-state index is 14.2. The third kappa shape index (κ3) is 3.82. The molecule has 1 atom stereocenters. The fraction of sp³-hybridized carbons (Fsp3) is 0.188. The van der Waals surface area contributed by atoms with Crippen molar-refractivity contribution in [1.29, 1.82) is 0 Å². The maximum Gasteiger partial charge on any atom is 0.416 e. The van der Waals surface area contributed by atoms with Crippen molar-refractivity contribution in [3.8, 4) is 5.75 Å². The van der Waals surface area contributed by atoms with Gasteiger partial charge < -0.3 is 14.9 Å². The van der Waals surface area contributed by atoms with Gasteiger partial charge in [0.15, 0.2) is 17.8 Å². The lowest BCUT2D eigenvalue weighted by atomic mass is 10.1. The molecule has 9 heteroatoms. The zero-order chi connectivity index (χ0) is 18.8. The Labute approximate surface area is 139 Å². The van der Waals surface area contributed by atoms with Gasteiger partial charge in [0, 0.05) is 5.56 Å². The number of anilines is 1. The first-order valence-corrected chi connectivity index (χ1v) is 6.86. The Morgan fingerprint density at radius 2 is 1.76 bits per heavy atom. The van der Waals surface area contributed by atoms with Gasteiger partial charge >= 0.3 is 12.3 Å². The first-order valence-electron chi connectivity index (χ1n) is 6.86. The monoisotopic (exact) mass is 359 g/mol. The number of carboxylic acid groups (broad SMARTS) is 1. The molecule has 1 unspecified atom stereocenters. The minimum Gasteiger partial charge on any atom is -0.494 e. The number of amides is 1. The molecule has 134 valence electrons. The van der Waals surface area contributed by atoms with Crippen molar-refractivity contribution >= 4 is 11.8 Å². The summed E-state index contributed by atoms with van der Waals surface area (Å²) in [7, 11) is 1.19. The van der Waals surface area contributed by atoms with Crippen LogP contribution in [0.5, 0.6) is 5.75 Å². The van der Waals surface area contributed by atoms with E-state index in [4.69, 9.17) is 4.74 Å². The highest BCUT2D eigenvalue weighted by atomic mass is 19.4. The Bertz CT molecular complexity index is 762. The van der Waals surface area contributed by atoms with E-state index in [1.165, 1.54) is 19.2 Å². The van der Waals surface area contributed by atoms with E-state index in [0.717, 1.165) is 18.2 Å². The van der Waals surface area contributed by atoms with Gasteiger partial charge in [0.25, 0.3) is 0 Å². The van der Waals surface area contributed by atoms with E-state index in [9.17, 15) is 32.6 Å². The van der Waals surface area contributed by atoms with Crippen LogP contribution in [0.15, 0.2) is 42.5 Å². The summed E-state index contributed by atoms with van der Waals surface area (Å²) in [6.07, 6.45) is -8.25. The molecule has 0 saturated carbocycles.